The second-order valence-corrected chi connectivity index (χ2v) is 17.7. The van der Waals surface area contributed by atoms with Gasteiger partial charge in [-0.05, 0) is 101 Å². The van der Waals surface area contributed by atoms with Crippen LogP contribution < -0.4 is 10.4 Å². The fraction of sp³-hybridized carbons (Fsp3) is 0.750. The molecule has 0 heterocycles. The van der Waals surface area contributed by atoms with Crippen molar-refractivity contribution < 1.29 is 35.0 Å². The summed E-state index contributed by atoms with van der Waals surface area (Å²) in [5.41, 5.74) is 0. The largest absolute Gasteiger partial charge is 0.537 e. The van der Waals surface area contributed by atoms with E-state index in [9.17, 15) is 8.42 Å². The molecule has 0 fully saturated rings. The Morgan fingerprint density at radius 3 is 0.917 bits per heavy atom. The second kappa shape index (κ2) is 13.6. The van der Waals surface area contributed by atoms with E-state index in [1.807, 2.05) is 83.1 Å². The van der Waals surface area contributed by atoms with Crippen molar-refractivity contribution in [2.45, 2.75) is 125 Å². The van der Waals surface area contributed by atoms with Gasteiger partial charge in [0.25, 0.3) is 9.05 Å². The first kappa shape index (κ1) is 33.7. The first-order chi connectivity index (χ1) is 16.3. The molecular weight excluding hydrogens is 540 g/mol. The Morgan fingerprint density at radius 2 is 0.750 bits per heavy atom. The molecule has 0 spiro atoms. The maximum atomic E-state index is 12.7. The van der Waals surface area contributed by atoms with E-state index in [2.05, 4.69) is 0 Å². The predicted octanol–water partition coefficient (Wildman–Crippen LogP) is 4.46. The smallest absolute Gasteiger partial charge is 0.367 e. The van der Waals surface area contributed by atoms with Gasteiger partial charge in [-0.1, -0.05) is 0 Å². The minimum Gasteiger partial charge on any atom is -0.367 e. The number of benzene rings is 1. The van der Waals surface area contributed by atoms with E-state index in [0.717, 1.165) is 0 Å². The van der Waals surface area contributed by atoms with Crippen LogP contribution in [0.2, 0.25) is 0 Å². The molecule has 1 aromatic rings. The Labute approximate surface area is 225 Å². The van der Waals surface area contributed by atoms with Gasteiger partial charge >= 0.3 is 17.6 Å². The molecule has 210 valence electrons. The van der Waals surface area contributed by atoms with Gasteiger partial charge < -0.3 is 26.6 Å². The van der Waals surface area contributed by atoms with Gasteiger partial charge in [0, 0.05) is 57.7 Å². The average molecular weight is 585 g/mol. The molecule has 0 saturated heterocycles. The lowest BCUT2D eigenvalue weighted by molar-refractivity contribution is 0.0153. The van der Waals surface area contributed by atoms with Gasteiger partial charge in [0.15, 0.2) is 0 Å². The zero-order chi connectivity index (χ0) is 28.1. The van der Waals surface area contributed by atoms with Gasteiger partial charge in [0.2, 0.25) is 0 Å². The lowest BCUT2D eigenvalue weighted by Gasteiger charge is -2.37. The highest BCUT2D eigenvalue weighted by molar-refractivity contribution is 8.13. The molecule has 0 unspecified atom stereocenters. The Balaban J connectivity index is 4.16. The molecule has 0 atom stereocenters. The molecule has 0 saturated carbocycles. The van der Waals surface area contributed by atoms with Crippen LogP contribution in [0.15, 0.2) is 23.1 Å². The van der Waals surface area contributed by atoms with Crippen LogP contribution in [0.5, 0.6) is 0 Å². The summed E-state index contributed by atoms with van der Waals surface area (Å²) in [5.74, 6) is 0. The van der Waals surface area contributed by atoms with Crippen molar-refractivity contribution in [2.24, 2.45) is 0 Å². The molecule has 0 amide bonds. The molecule has 0 aliphatic heterocycles. The van der Waals surface area contributed by atoms with Crippen LogP contribution in [0.3, 0.4) is 0 Å². The summed E-state index contributed by atoms with van der Waals surface area (Å²) in [7, 11) is -5.60. The topological polar surface area (TPSA) is 89.5 Å². The van der Waals surface area contributed by atoms with Crippen LogP contribution in [0, 0.1) is 0 Å². The van der Waals surface area contributed by atoms with E-state index >= 15 is 0 Å². The zero-order valence-electron chi connectivity index (χ0n) is 23.7. The summed E-state index contributed by atoms with van der Waals surface area (Å²) in [4.78, 5) is -0.135. The summed E-state index contributed by atoms with van der Waals surface area (Å²) in [6.07, 6.45) is -1.57. The minimum absolute atomic E-state index is 0.135. The summed E-state index contributed by atoms with van der Waals surface area (Å²) >= 11 is 0. The van der Waals surface area contributed by atoms with Crippen molar-refractivity contribution in [3.05, 3.63) is 18.2 Å². The van der Waals surface area contributed by atoms with E-state index in [4.69, 9.17) is 37.2 Å². The second-order valence-electron chi connectivity index (χ2n) is 10.3. The molecule has 0 aliphatic carbocycles. The van der Waals surface area contributed by atoms with Crippen LogP contribution in [-0.2, 0) is 35.6 Å². The van der Waals surface area contributed by atoms with Crippen LogP contribution in [0.4, 0.5) is 0 Å². The van der Waals surface area contributed by atoms with E-state index < -0.39 is 26.7 Å². The Morgan fingerprint density at radius 1 is 0.528 bits per heavy atom. The standard InChI is InChI=1S/C24H45ClO8SSi2/c1-16(2)28-35(29-17(3)4,30-18(5)6)23-13-22(34(25,26)27)14-24(15-23)36(31-19(7)8,32-20(9)10)33-21(11)12/h13-21H,1-12H3. The number of hydrogen-bond donors (Lipinski definition) is 0. The molecular formula is C24H45ClO8SSi2. The molecule has 0 aromatic heterocycles. The SMILES string of the molecule is CC(C)O[Si](OC(C)C)(OC(C)C)c1cc([Si](OC(C)C)(OC(C)C)OC(C)C)cc(S(=O)(=O)Cl)c1. The molecule has 1 rings (SSSR count). The normalized spacial score (nSPS) is 13.9. The van der Waals surface area contributed by atoms with Crippen molar-refractivity contribution in [1.82, 2.24) is 0 Å². The number of rotatable bonds is 15. The third-order valence-electron chi connectivity index (χ3n) is 4.24. The molecule has 12 heteroatoms. The van der Waals surface area contributed by atoms with Gasteiger partial charge in [-0.2, -0.15) is 0 Å². The maximum Gasteiger partial charge on any atom is 0.537 e. The highest BCUT2D eigenvalue weighted by Crippen LogP contribution is 2.24. The monoisotopic (exact) mass is 584 g/mol. The molecule has 0 bridgehead atoms. The Bertz CT molecular complexity index is 827. The van der Waals surface area contributed by atoms with Crippen molar-refractivity contribution in [3.63, 3.8) is 0 Å². The summed E-state index contributed by atoms with van der Waals surface area (Å²) in [6.45, 7) is 22.5. The molecule has 0 N–H and O–H groups in total. The van der Waals surface area contributed by atoms with Crippen molar-refractivity contribution in [1.29, 1.82) is 0 Å². The lowest BCUT2D eigenvalue weighted by Crippen LogP contribution is -2.64. The quantitative estimate of drug-likeness (QED) is 0.220. The molecule has 0 aliphatic rings. The summed E-state index contributed by atoms with van der Waals surface area (Å²) < 4.78 is 63.6. The van der Waals surface area contributed by atoms with Crippen molar-refractivity contribution >= 4 is 47.7 Å². The summed E-state index contributed by atoms with van der Waals surface area (Å²) in [5, 5.41) is 0.888. The fourth-order valence-electron chi connectivity index (χ4n) is 3.53. The molecule has 0 radical (unpaired) electrons. The fourth-order valence-corrected chi connectivity index (χ4v) is 10.9. The van der Waals surface area contributed by atoms with Gasteiger partial charge in [-0.3, -0.25) is 0 Å². The lowest BCUT2D eigenvalue weighted by atomic mass is 10.4. The number of hydrogen-bond acceptors (Lipinski definition) is 8. The number of halogens is 1. The molecule has 1 aromatic carbocycles. The summed E-state index contributed by atoms with van der Waals surface area (Å²) in [6, 6.07) is 4.71. The molecule has 8 nitrogen and oxygen atoms in total. The van der Waals surface area contributed by atoms with Crippen molar-refractivity contribution in [3.8, 4) is 0 Å². The van der Waals surface area contributed by atoms with Crippen LogP contribution in [0.1, 0.15) is 83.1 Å². The highest BCUT2D eigenvalue weighted by atomic mass is 35.7. The maximum absolute atomic E-state index is 12.7. The Hall–Kier alpha value is -0.346. The Kier molecular flexibility index (Phi) is 12.8. The van der Waals surface area contributed by atoms with E-state index in [0.29, 0.717) is 10.4 Å². The third kappa shape index (κ3) is 10.1. The van der Waals surface area contributed by atoms with Crippen LogP contribution in [0.25, 0.3) is 0 Å². The minimum atomic E-state index is -4.16. The van der Waals surface area contributed by atoms with Crippen LogP contribution in [-0.4, -0.2) is 62.7 Å². The first-order valence-electron chi connectivity index (χ1n) is 12.5. The van der Waals surface area contributed by atoms with Gasteiger partial charge in [-0.15, -0.1) is 0 Å². The predicted molar refractivity (Wildman–Crippen MR) is 148 cm³/mol. The van der Waals surface area contributed by atoms with E-state index in [1.54, 1.807) is 6.07 Å². The average Bonchev–Trinajstić information content (AvgIpc) is 2.63. The first-order valence-corrected chi connectivity index (χ1v) is 18.2. The highest BCUT2D eigenvalue weighted by Gasteiger charge is 2.52. The molecule has 36 heavy (non-hydrogen) atoms. The van der Waals surface area contributed by atoms with E-state index in [1.165, 1.54) is 12.1 Å². The van der Waals surface area contributed by atoms with Crippen molar-refractivity contribution in [2.75, 3.05) is 0 Å². The van der Waals surface area contributed by atoms with Gasteiger partial charge in [-0.25, -0.2) is 8.42 Å². The van der Waals surface area contributed by atoms with Gasteiger partial charge in [0.05, 0.1) is 4.90 Å². The van der Waals surface area contributed by atoms with Gasteiger partial charge in [0.1, 0.15) is 0 Å². The van der Waals surface area contributed by atoms with E-state index in [-0.39, 0.29) is 41.5 Å². The van der Waals surface area contributed by atoms with Crippen LogP contribution >= 0.6 is 10.7 Å². The third-order valence-corrected chi connectivity index (χ3v) is 12.3. The zero-order valence-corrected chi connectivity index (χ0v) is 27.3.